The Balaban J connectivity index is 1.89. The molecular weight excluding hydrogens is 410 g/mol. The number of unbranched alkanes of at least 4 members (excludes halogenated alkanes) is 15. The molecule has 1 aromatic carbocycles. The molecule has 5 heteroatoms. The summed E-state index contributed by atoms with van der Waals surface area (Å²) in [5, 5.41) is 0. The highest BCUT2D eigenvalue weighted by Gasteiger charge is 2.27. The van der Waals surface area contributed by atoms with Crippen LogP contribution < -0.4 is 4.43 Å². The third kappa shape index (κ3) is 16.4. The molecule has 0 aliphatic carbocycles. The van der Waals surface area contributed by atoms with Gasteiger partial charge < -0.3 is 8.85 Å². The fourth-order valence-corrected chi connectivity index (χ4v) is 5.25. The van der Waals surface area contributed by atoms with Gasteiger partial charge in [0, 0.05) is 24.8 Å². The summed E-state index contributed by atoms with van der Waals surface area (Å²) in [6.07, 6.45) is 21.5. The van der Waals surface area contributed by atoms with Crippen LogP contribution in [0.5, 0.6) is 5.75 Å². The van der Waals surface area contributed by atoms with E-state index in [4.69, 9.17) is 8.85 Å². The van der Waals surface area contributed by atoms with E-state index in [-0.39, 0.29) is 5.75 Å². The molecule has 0 aliphatic heterocycles. The first-order chi connectivity index (χ1) is 14.9. The summed E-state index contributed by atoms with van der Waals surface area (Å²) >= 11 is 0. The zero-order valence-corrected chi connectivity index (χ0v) is 21.3. The fourth-order valence-electron chi connectivity index (χ4n) is 3.87. The molecule has 0 amide bonds. The topological polar surface area (TPSA) is 18.5 Å². The van der Waals surface area contributed by atoms with Gasteiger partial charge in [0.2, 0.25) is 0 Å². The van der Waals surface area contributed by atoms with E-state index < -0.39 is 20.2 Å². The number of hydrogen-bond acceptors (Lipinski definition) is 2. The summed E-state index contributed by atoms with van der Waals surface area (Å²) in [7, 11) is -2.43. The highest BCUT2D eigenvalue weighted by atomic mass is 28.4. The van der Waals surface area contributed by atoms with Crippen LogP contribution in [-0.2, 0) is 4.43 Å². The maximum Gasteiger partial charge on any atom is 0.392 e. The Bertz CT molecular complexity index is 546. The Morgan fingerprint density at radius 2 is 1.00 bits per heavy atom. The molecule has 0 spiro atoms. The van der Waals surface area contributed by atoms with Gasteiger partial charge in [0.15, 0.2) is 0 Å². The second-order valence-corrected chi connectivity index (χ2v) is 12.6. The van der Waals surface area contributed by atoms with Gasteiger partial charge >= 0.3 is 8.56 Å². The van der Waals surface area contributed by atoms with Crippen molar-refractivity contribution in [1.29, 1.82) is 0 Å². The van der Waals surface area contributed by atoms with Crippen LogP contribution in [0.2, 0.25) is 13.1 Å². The Hall–Kier alpha value is -0.943. The van der Waals surface area contributed by atoms with Gasteiger partial charge in [-0.25, -0.2) is 8.78 Å². The van der Waals surface area contributed by atoms with Gasteiger partial charge in [-0.05, 0) is 19.5 Å². The molecule has 0 heterocycles. The van der Waals surface area contributed by atoms with Gasteiger partial charge in [0.1, 0.15) is 17.4 Å². The monoisotopic (exact) mass is 456 g/mol. The highest BCUT2D eigenvalue weighted by Crippen LogP contribution is 2.20. The predicted octanol–water partition coefficient (Wildman–Crippen LogP) is 9.32. The summed E-state index contributed by atoms with van der Waals surface area (Å²) in [6, 6.07) is 3.25. The van der Waals surface area contributed by atoms with Gasteiger partial charge in [-0.3, -0.25) is 0 Å². The quantitative estimate of drug-likeness (QED) is 0.144. The van der Waals surface area contributed by atoms with E-state index >= 15 is 0 Å². The molecule has 0 N–H and O–H groups in total. The van der Waals surface area contributed by atoms with E-state index in [1.807, 2.05) is 13.1 Å². The van der Waals surface area contributed by atoms with Crippen LogP contribution in [0.15, 0.2) is 18.2 Å². The van der Waals surface area contributed by atoms with Crippen molar-refractivity contribution < 1.29 is 17.6 Å². The molecule has 0 atom stereocenters. The standard InChI is InChI=1S/C26H46F2O2Si/c1-4-5-6-7-8-9-10-11-12-13-14-15-16-17-18-19-20-29-31(2,3)30-26-22-24(27)21-25(28)23-26/h21-23H,4-20H2,1-3H3. The lowest BCUT2D eigenvalue weighted by molar-refractivity contribution is 0.240. The van der Waals surface area contributed by atoms with Crippen LogP contribution in [0.3, 0.4) is 0 Å². The first kappa shape index (κ1) is 28.1. The van der Waals surface area contributed by atoms with Crippen LogP contribution in [0.25, 0.3) is 0 Å². The van der Waals surface area contributed by atoms with Crippen LogP contribution >= 0.6 is 0 Å². The van der Waals surface area contributed by atoms with Crippen LogP contribution in [0.4, 0.5) is 8.78 Å². The zero-order valence-electron chi connectivity index (χ0n) is 20.3. The summed E-state index contributed by atoms with van der Waals surface area (Å²) in [5.74, 6) is -1.05. The van der Waals surface area contributed by atoms with Crippen molar-refractivity contribution in [1.82, 2.24) is 0 Å². The lowest BCUT2D eigenvalue weighted by Crippen LogP contribution is -2.38. The molecule has 31 heavy (non-hydrogen) atoms. The van der Waals surface area contributed by atoms with Gasteiger partial charge in [-0.2, -0.15) is 0 Å². The third-order valence-corrected chi connectivity index (χ3v) is 7.27. The van der Waals surface area contributed by atoms with Crippen LogP contribution in [0, 0.1) is 11.6 Å². The molecular formula is C26H46F2O2Si. The Morgan fingerprint density at radius 1 is 0.613 bits per heavy atom. The lowest BCUT2D eigenvalue weighted by atomic mass is 10.0. The van der Waals surface area contributed by atoms with E-state index in [1.165, 1.54) is 102 Å². The first-order valence-electron chi connectivity index (χ1n) is 12.7. The SMILES string of the molecule is CCCCCCCCCCCCCCCCCCO[Si](C)(C)Oc1cc(F)cc(F)c1. The molecule has 0 saturated heterocycles. The Labute approximate surface area is 191 Å². The maximum absolute atomic E-state index is 13.3. The second kappa shape index (κ2) is 17.6. The van der Waals surface area contributed by atoms with Crippen molar-refractivity contribution in [2.45, 2.75) is 123 Å². The molecule has 0 aliphatic rings. The van der Waals surface area contributed by atoms with E-state index in [9.17, 15) is 8.78 Å². The average molecular weight is 457 g/mol. The normalized spacial score (nSPS) is 11.8. The molecule has 0 saturated carbocycles. The second-order valence-electron chi connectivity index (χ2n) is 9.26. The average Bonchev–Trinajstić information content (AvgIpc) is 2.69. The van der Waals surface area contributed by atoms with Gasteiger partial charge in [0.05, 0.1) is 0 Å². The summed E-state index contributed by atoms with van der Waals surface area (Å²) in [5.41, 5.74) is 0. The Kier molecular flexibility index (Phi) is 15.9. The summed E-state index contributed by atoms with van der Waals surface area (Å²) in [4.78, 5) is 0. The minimum Gasteiger partial charge on any atom is -0.520 e. The van der Waals surface area contributed by atoms with Crippen molar-refractivity contribution in [2.24, 2.45) is 0 Å². The van der Waals surface area contributed by atoms with Gasteiger partial charge in [-0.1, -0.05) is 103 Å². The molecule has 180 valence electrons. The molecule has 1 rings (SSSR count). The molecule has 0 radical (unpaired) electrons. The summed E-state index contributed by atoms with van der Waals surface area (Å²) < 4.78 is 38.2. The number of halogens is 2. The third-order valence-electron chi connectivity index (χ3n) is 5.65. The van der Waals surface area contributed by atoms with E-state index in [1.54, 1.807) is 0 Å². The van der Waals surface area contributed by atoms with Gasteiger partial charge in [0.25, 0.3) is 0 Å². The minimum absolute atomic E-state index is 0.209. The van der Waals surface area contributed by atoms with Crippen molar-refractivity contribution in [3.05, 3.63) is 29.8 Å². The van der Waals surface area contributed by atoms with Crippen LogP contribution in [-0.4, -0.2) is 15.2 Å². The van der Waals surface area contributed by atoms with E-state index in [2.05, 4.69) is 6.92 Å². The van der Waals surface area contributed by atoms with Crippen molar-refractivity contribution in [3.8, 4) is 5.75 Å². The Morgan fingerprint density at radius 3 is 1.42 bits per heavy atom. The minimum atomic E-state index is -2.43. The van der Waals surface area contributed by atoms with Crippen molar-refractivity contribution >= 4 is 8.56 Å². The summed E-state index contributed by atoms with van der Waals surface area (Å²) in [6.45, 7) is 6.73. The molecule has 0 aromatic heterocycles. The van der Waals surface area contributed by atoms with E-state index in [0.717, 1.165) is 18.9 Å². The molecule has 0 fully saturated rings. The zero-order chi connectivity index (χ0) is 22.8. The predicted molar refractivity (Wildman–Crippen MR) is 130 cm³/mol. The molecule has 0 unspecified atom stereocenters. The van der Waals surface area contributed by atoms with Gasteiger partial charge in [-0.15, -0.1) is 0 Å². The van der Waals surface area contributed by atoms with E-state index in [0.29, 0.717) is 6.61 Å². The van der Waals surface area contributed by atoms with Crippen LogP contribution in [0.1, 0.15) is 110 Å². The molecule has 0 bridgehead atoms. The molecule has 1 aromatic rings. The number of rotatable bonds is 20. The van der Waals surface area contributed by atoms with Crippen molar-refractivity contribution in [2.75, 3.05) is 6.61 Å². The number of benzene rings is 1. The number of hydrogen-bond donors (Lipinski definition) is 0. The lowest BCUT2D eigenvalue weighted by Gasteiger charge is -2.24. The smallest absolute Gasteiger partial charge is 0.392 e. The largest absolute Gasteiger partial charge is 0.520 e. The maximum atomic E-state index is 13.3. The first-order valence-corrected chi connectivity index (χ1v) is 15.5. The fraction of sp³-hybridized carbons (Fsp3) is 0.769. The molecule has 2 nitrogen and oxygen atoms in total. The highest BCUT2D eigenvalue weighted by molar-refractivity contribution is 6.65. The van der Waals surface area contributed by atoms with Crippen molar-refractivity contribution in [3.63, 3.8) is 0 Å².